The average molecular weight is 241 g/mol. The second-order valence-corrected chi connectivity index (χ2v) is 3.57. The molecule has 17 heavy (non-hydrogen) atoms. The highest BCUT2D eigenvalue weighted by atomic mass is 19.4. The number of aromatic nitrogens is 1. The Bertz CT molecular complexity index is 537. The number of nitrogens with two attached hydrogens (primary N) is 1. The van der Waals surface area contributed by atoms with Crippen molar-refractivity contribution in [3.63, 3.8) is 0 Å². The molecule has 0 radical (unpaired) electrons. The number of anilines is 2. The van der Waals surface area contributed by atoms with Gasteiger partial charge in [-0.15, -0.1) is 0 Å². The van der Waals surface area contributed by atoms with Gasteiger partial charge in [-0.1, -0.05) is 0 Å². The van der Waals surface area contributed by atoms with Crippen LogP contribution in [0.15, 0.2) is 30.5 Å². The van der Waals surface area contributed by atoms with E-state index in [2.05, 4.69) is 10.3 Å². The lowest BCUT2D eigenvalue weighted by atomic mass is 10.1. The predicted molar refractivity (Wildman–Crippen MR) is 60.7 cm³/mol. The number of hydrogen-bond acceptors (Lipinski definition) is 3. The van der Waals surface area contributed by atoms with Crippen molar-refractivity contribution < 1.29 is 13.2 Å². The van der Waals surface area contributed by atoms with Gasteiger partial charge in [-0.3, -0.25) is 4.98 Å². The van der Waals surface area contributed by atoms with Gasteiger partial charge >= 0.3 is 6.18 Å². The molecule has 1 heterocycles. The summed E-state index contributed by atoms with van der Waals surface area (Å²) in [4.78, 5) is 4.04. The summed E-state index contributed by atoms with van der Waals surface area (Å²) in [5, 5.41) is 2.91. The van der Waals surface area contributed by atoms with Gasteiger partial charge in [-0.25, -0.2) is 0 Å². The molecule has 2 rings (SSSR count). The van der Waals surface area contributed by atoms with Crippen molar-refractivity contribution in [2.45, 2.75) is 6.18 Å². The number of nitrogens with zero attached hydrogens (tertiary/aromatic N) is 1. The number of halogens is 3. The maximum absolute atomic E-state index is 12.1. The Balaban J connectivity index is 2.38. The summed E-state index contributed by atoms with van der Waals surface area (Å²) in [6, 6.07) is 6.39. The third-order valence-corrected chi connectivity index (χ3v) is 2.28. The van der Waals surface area contributed by atoms with Crippen molar-refractivity contribution in [3.8, 4) is 0 Å². The zero-order valence-electron chi connectivity index (χ0n) is 8.75. The highest BCUT2D eigenvalue weighted by Crippen LogP contribution is 2.27. The first-order valence-corrected chi connectivity index (χ1v) is 4.91. The van der Waals surface area contributed by atoms with E-state index in [0.29, 0.717) is 22.3 Å². The fourth-order valence-corrected chi connectivity index (χ4v) is 1.54. The van der Waals surface area contributed by atoms with E-state index >= 15 is 0 Å². The number of nitrogen functional groups attached to an aromatic ring is 1. The standard InChI is InChI=1S/C11H10F3N3/c12-11(13,14)6-17-9-4-3-8(15)10-7(9)2-1-5-16-10/h1-5,17H,6,15H2. The highest BCUT2D eigenvalue weighted by molar-refractivity contribution is 5.98. The third-order valence-electron chi connectivity index (χ3n) is 2.28. The van der Waals surface area contributed by atoms with Crippen molar-refractivity contribution in [2.24, 2.45) is 0 Å². The van der Waals surface area contributed by atoms with Crippen molar-refractivity contribution in [1.29, 1.82) is 0 Å². The van der Waals surface area contributed by atoms with E-state index in [1.165, 1.54) is 12.1 Å². The first-order chi connectivity index (χ1) is 7.97. The lowest BCUT2D eigenvalue weighted by Gasteiger charge is -2.12. The molecular weight excluding hydrogens is 231 g/mol. The lowest BCUT2D eigenvalue weighted by molar-refractivity contribution is -0.115. The molecule has 90 valence electrons. The largest absolute Gasteiger partial charge is 0.405 e. The zero-order chi connectivity index (χ0) is 12.5. The molecular formula is C11H10F3N3. The van der Waals surface area contributed by atoms with Crippen LogP contribution in [-0.2, 0) is 0 Å². The number of hydrogen-bond donors (Lipinski definition) is 2. The molecule has 0 unspecified atom stereocenters. The van der Waals surface area contributed by atoms with Gasteiger partial charge in [0.2, 0.25) is 0 Å². The minimum Gasteiger partial charge on any atom is -0.397 e. The molecule has 0 atom stereocenters. The van der Waals surface area contributed by atoms with Crippen molar-refractivity contribution in [1.82, 2.24) is 4.98 Å². The number of benzene rings is 1. The van der Waals surface area contributed by atoms with E-state index in [9.17, 15) is 13.2 Å². The average Bonchev–Trinajstić information content (AvgIpc) is 2.27. The van der Waals surface area contributed by atoms with Crippen LogP contribution in [0.5, 0.6) is 0 Å². The van der Waals surface area contributed by atoms with Crippen LogP contribution in [0.25, 0.3) is 10.9 Å². The van der Waals surface area contributed by atoms with Gasteiger partial charge in [-0.05, 0) is 24.3 Å². The Kier molecular flexibility index (Phi) is 2.79. The molecule has 0 amide bonds. The number of alkyl halides is 3. The van der Waals surface area contributed by atoms with E-state index in [0.717, 1.165) is 0 Å². The van der Waals surface area contributed by atoms with Crippen LogP contribution < -0.4 is 11.1 Å². The van der Waals surface area contributed by atoms with E-state index in [-0.39, 0.29) is 0 Å². The van der Waals surface area contributed by atoms with Crippen molar-refractivity contribution in [3.05, 3.63) is 30.5 Å². The van der Waals surface area contributed by atoms with Gasteiger partial charge in [0, 0.05) is 17.3 Å². The quantitative estimate of drug-likeness (QED) is 0.795. The summed E-state index contributed by atoms with van der Waals surface area (Å²) in [5.74, 6) is 0. The molecule has 0 spiro atoms. The van der Waals surface area contributed by atoms with Gasteiger partial charge in [0.25, 0.3) is 0 Å². The molecule has 2 aromatic rings. The number of fused-ring (bicyclic) bond motifs is 1. The molecule has 0 aliphatic rings. The molecule has 1 aromatic heterocycles. The van der Waals surface area contributed by atoms with E-state index in [1.54, 1.807) is 18.3 Å². The minimum absolute atomic E-state index is 0.375. The van der Waals surface area contributed by atoms with Gasteiger partial charge < -0.3 is 11.1 Å². The maximum atomic E-state index is 12.1. The van der Waals surface area contributed by atoms with Crippen LogP contribution in [-0.4, -0.2) is 17.7 Å². The number of rotatable bonds is 2. The topological polar surface area (TPSA) is 50.9 Å². The first-order valence-electron chi connectivity index (χ1n) is 4.91. The summed E-state index contributed by atoms with van der Waals surface area (Å²) in [6.07, 6.45) is -2.71. The maximum Gasteiger partial charge on any atom is 0.405 e. The fourth-order valence-electron chi connectivity index (χ4n) is 1.54. The van der Waals surface area contributed by atoms with Gasteiger partial charge in [0.05, 0.1) is 11.2 Å². The minimum atomic E-state index is -4.25. The van der Waals surface area contributed by atoms with Crippen molar-refractivity contribution in [2.75, 3.05) is 17.6 Å². The molecule has 1 aromatic carbocycles. The molecule has 6 heteroatoms. The third kappa shape index (κ3) is 2.58. The molecule has 3 nitrogen and oxygen atoms in total. The van der Waals surface area contributed by atoms with E-state index in [1.807, 2.05) is 0 Å². The molecule has 0 saturated carbocycles. The molecule has 3 N–H and O–H groups in total. The summed E-state index contributed by atoms with van der Waals surface area (Å²) >= 11 is 0. The summed E-state index contributed by atoms with van der Waals surface area (Å²) < 4.78 is 36.4. The number of pyridine rings is 1. The Morgan fingerprint density at radius 3 is 2.71 bits per heavy atom. The van der Waals surface area contributed by atoms with Crippen LogP contribution in [0.3, 0.4) is 0 Å². The molecule has 0 aliphatic heterocycles. The predicted octanol–water partition coefficient (Wildman–Crippen LogP) is 2.79. The smallest absolute Gasteiger partial charge is 0.397 e. The normalized spacial score (nSPS) is 11.7. The monoisotopic (exact) mass is 241 g/mol. The molecule has 0 aliphatic carbocycles. The summed E-state index contributed by atoms with van der Waals surface area (Å²) in [6.45, 7) is -1.08. The molecule has 0 saturated heterocycles. The summed E-state index contributed by atoms with van der Waals surface area (Å²) in [5.41, 5.74) is 7.01. The fraction of sp³-hybridized carbons (Fsp3) is 0.182. The van der Waals surface area contributed by atoms with Gasteiger partial charge in [0.15, 0.2) is 0 Å². The van der Waals surface area contributed by atoms with E-state index in [4.69, 9.17) is 5.73 Å². The Morgan fingerprint density at radius 2 is 2.00 bits per heavy atom. The summed E-state index contributed by atoms with van der Waals surface area (Å²) in [7, 11) is 0. The second kappa shape index (κ2) is 4.12. The lowest BCUT2D eigenvalue weighted by Crippen LogP contribution is -2.21. The van der Waals surface area contributed by atoms with Crippen LogP contribution in [0.2, 0.25) is 0 Å². The van der Waals surface area contributed by atoms with Gasteiger partial charge in [-0.2, -0.15) is 13.2 Å². The van der Waals surface area contributed by atoms with Crippen LogP contribution in [0.4, 0.5) is 24.5 Å². The van der Waals surface area contributed by atoms with Crippen LogP contribution in [0.1, 0.15) is 0 Å². The SMILES string of the molecule is Nc1ccc(NCC(F)(F)F)c2cccnc12. The Labute approximate surface area is 95.4 Å². The molecule has 0 bridgehead atoms. The molecule has 0 fully saturated rings. The van der Waals surface area contributed by atoms with Crippen molar-refractivity contribution >= 4 is 22.3 Å². The Morgan fingerprint density at radius 1 is 1.24 bits per heavy atom. The van der Waals surface area contributed by atoms with E-state index < -0.39 is 12.7 Å². The number of nitrogens with one attached hydrogen (secondary N) is 1. The van der Waals surface area contributed by atoms with Crippen LogP contribution >= 0.6 is 0 Å². The second-order valence-electron chi connectivity index (χ2n) is 3.57. The Hall–Kier alpha value is -1.98. The first kappa shape index (κ1) is 11.5. The van der Waals surface area contributed by atoms with Gasteiger partial charge in [0.1, 0.15) is 6.54 Å². The zero-order valence-corrected chi connectivity index (χ0v) is 8.75. The van der Waals surface area contributed by atoms with Crippen LogP contribution in [0, 0.1) is 0 Å². The highest BCUT2D eigenvalue weighted by Gasteiger charge is 2.26.